The highest BCUT2D eigenvalue weighted by molar-refractivity contribution is 6.02. The Hall–Kier alpha value is -1.65. The zero-order valence-corrected chi connectivity index (χ0v) is 8.02. The number of esters is 1. The highest BCUT2D eigenvalue weighted by Gasteiger charge is 2.31. The summed E-state index contributed by atoms with van der Waals surface area (Å²) in [6.45, 7) is 2.89. The maximum atomic E-state index is 11.1. The molecule has 0 bridgehead atoms. The Balaban J connectivity index is 2.69. The SMILES string of the molecule is CCC(=O)O[C@@H]1C=CC(=O)N1C(C)=O. The summed E-state index contributed by atoms with van der Waals surface area (Å²) in [5.41, 5.74) is 0. The summed E-state index contributed by atoms with van der Waals surface area (Å²) in [7, 11) is 0. The summed E-state index contributed by atoms with van der Waals surface area (Å²) < 4.78 is 4.86. The lowest BCUT2D eigenvalue weighted by Crippen LogP contribution is -2.40. The Morgan fingerprint density at radius 3 is 2.71 bits per heavy atom. The molecule has 0 aromatic heterocycles. The van der Waals surface area contributed by atoms with Gasteiger partial charge in [0.2, 0.25) is 12.1 Å². The van der Waals surface area contributed by atoms with E-state index in [0.29, 0.717) is 0 Å². The molecule has 1 rings (SSSR count). The van der Waals surface area contributed by atoms with Gasteiger partial charge in [-0.25, -0.2) is 4.90 Å². The second-order valence-corrected chi connectivity index (χ2v) is 2.82. The Bertz CT molecular complexity index is 308. The van der Waals surface area contributed by atoms with Gasteiger partial charge >= 0.3 is 5.97 Å². The summed E-state index contributed by atoms with van der Waals surface area (Å²) in [6, 6.07) is 0. The first kappa shape index (κ1) is 10.4. The van der Waals surface area contributed by atoms with Crippen LogP contribution >= 0.6 is 0 Å². The van der Waals surface area contributed by atoms with E-state index in [4.69, 9.17) is 4.74 Å². The van der Waals surface area contributed by atoms with Crippen LogP contribution in [0.4, 0.5) is 0 Å². The Morgan fingerprint density at radius 2 is 2.21 bits per heavy atom. The molecular weight excluding hydrogens is 186 g/mol. The van der Waals surface area contributed by atoms with Crippen LogP contribution in [-0.2, 0) is 19.1 Å². The molecule has 1 atom stereocenters. The molecule has 14 heavy (non-hydrogen) atoms. The average Bonchev–Trinajstić information content (AvgIpc) is 2.46. The van der Waals surface area contributed by atoms with Crippen LogP contribution in [0.3, 0.4) is 0 Å². The summed E-state index contributed by atoms with van der Waals surface area (Å²) in [5, 5.41) is 0. The van der Waals surface area contributed by atoms with Crippen molar-refractivity contribution >= 4 is 17.8 Å². The number of nitrogens with zero attached hydrogens (tertiary/aromatic N) is 1. The van der Waals surface area contributed by atoms with Gasteiger partial charge in [0.1, 0.15) is 0 Å². The smallest absolute Gasteiger partial charge is 0.307 e. The van der Waals surface area contributed by atoms with E-state index in [-0.39, 0.29) is 6.42 Å². The Morgan fingerprint density at radius 1 is 1.57 bits per heavy atom. The molecule has 0 aromatic carbocycles. The predicted molar refractivity (Wildman–Crippen MR) is 46.8 cm³/mol. The molecule has 0 N–H and O–H groups in total. The van der Waals surface area contributed by atoms with Gasteiger partial charge in [-0.15, -0.1) is 0 Å². The molecule has 5 heteroatoms. The highest BCUT2D eigenvalue weighted by atomic mass is 16.6. The Kier molecular flexibility index (Phi) is 3.01. The first-order chi connectivity index (χ1) is 6.56. The highest BCUT2D eigenvalue weighted by Crippen LogP contribution is 2.13. The maximum absolute atomic E-state index is 11.1. The first-order valence-electron chi connectivity index (χ1n) is 4.27. The molecule has 0 unspecified atom stereocenters. The molecule has 0 saturated heterocycles. The third-order valence-electron chi connectivity index (χ3n) is 1.78. The van der Waals surface area contributed by atoms with Gasteiger partial charge in [0.15, 0.2) is 0 Å². The van der Waals surface area contributed by atoms with E-state index in [1.54, 1.807) is 6.92 Å². The Labute approximate surface area is 81.3 Å². The van der Waals surface area contributed by atoms with Crippen LogP contribution in [0.25, 0.3) is 0 Å². The van der Waals surface area contributed by atoms with Crippen LogP contribution in [0.5, 0.6) is 0 Å². The third-order valence-corrected chi connectivity index (χ3v) is 1.78. The largest absolute Gasteiger partial charge is 0.437 e. The fourth-order valence-corrected chi connectivity index (χ4v) is 1.10. The monoisotopic (exact) mass is 197 g/mol. The van der Waals surface area contributed by atoms with Crippen LogP contribution in [0, 0.1) is 0 Å². The number of hydrogen-bond donors (Lipinski definition) is 0. The minimum atomic E-state index is -0.868. The van der Waals surface area contributed by atoms with Gasteiger partial charge in [-0.05, 0) is 6.08 Å². The molecule has 5 nitrogen and oxygen atoms in total. The molecule has 0 spiro atoms. The van der Waals surface area contributed by atoms with Gasteiger partial charge in [-0.2, -0.15) is 0 Å². The molecule has 0 fully saturated rings. The molecule has 2 amide bonds. The van der Waals surface area contributed by atoms with E-state index in [9.17, 15) is 14.4 Å². The molecule has 0 saturated carbocycles. The van der Waals surface area contributed by atoms with Crippen LogP contribution in [0.1, 0.15) is 20.3 Å². The van der Waals surface area contributed by atoms with Gasteiger partial charge < -0.3 is 4.74 Å². The third kappa shape index (κ3) is 1.99. The number of carbonyl (C=O) groups excluding carboxylic acids is 3. The topological polar surface area (TPSA) is 63.7 Å². The van der Waals surface area contributed by atoms with Crippen LogP contribution in [0.15, 0.2) is 12.2 Å². The van der Waals surface area contributed by atoms with Crippen molar-refractivity contribution < 1.29 is 19.1 Å². The van der Waals surface area contributed by atoms with Crippen molar-refractivity contribution in [3.05, 3.63) is 12.2 Å². The fourth-order valence-electron chi connectivity index (χ4n) is 1.10. The minimum absolute atomic E-state index is 0.213. The molecule has 0 aliphatic carbocycles. The molecule has 76 valence electrons. The van der Waals surface area contributed by atoms with E-state index in [2.05, 4.69) is 0 Å². The second kappa shape index (κ2) is 4.04. The summed E-state index contributed by atoms with van der Waals surface area (Å²) >= 11 is 0. The minimum Gasteiger partial charge on any atom is -0.437 e. The molecule has 1 aliphatic rings. The number of imide groups is 1. The van der Waals surface area contributed by atoms with Crippen molar-refractivity contribution in [1.82, 2.24) is 4.90 Å². The first-order valence-corrected chi connectivity index (χ1v) is 4.27. The van der Waals surface area contributed by atoms with Crippen molar-refractivity contribution in [2.24, 2.45) is 0 Å². The number of ether oxygens (including phenoxy) is 1. The maximum Gasteiger partial charge on any atom is 0.307 e. The van der Waals surface area contributed by atoms with Crippen molar-refractivity contribution in [2.45, 2.75) is 26.5 Å². The lowest BCUT2D eigenvalue weighted by atomic mass is 10.4. The zero-order valence-electron chi connectivity index (χ0n) is 8.02. The summed E-state index contributed by atoms with van der Waals surface area (Å²) in [6.07, 6.45) is 1.95. The van der Waals surface area contributed by atoms with Crippen LogP contribution < -0.4 is 0 Å². The van der Waals surface area contributed by atoms with Crippen molar-refractivity contribution in [3.63, 3.8) is 0 Å². The van der Waals surface area contributed by atoms with Crippen molar-refractivity contribution in [3.8, 4) is 0 Å². The molecule has 0 aromatic rings. The standard InChI is InChI=1S/C9H11NO4/c1-3-9(13)14-8-5-4-7(12)10(8)6(2)11/h4-5,8H,3H2,1-2H3/t8-/m1/s1. The predicted octanol–water partition coefficient (Wildman–Crippen LogP) is 0.211. The van der Waals surface area contributed by atoms with Crippen molar-refractivity contribution in [2.75, 3.05) is 0 Å². The van der Waals surface area contributed by atoms with E-state index >= 15 is 0 Å². The molecular formula is C9H11NO4. The number of hydrogen-bond acceptors (Lipinski definition) is 4. The fraction of sp³-hybridized carbons (Fsp3) is 0.444. The second-order valence-electron chi connectivity index (χ2n) is 2.82. The quantitative estimate of drug-likeness (QED) is 0.593. The van der Waals surface area contributed by atoms with Gasteiger partial charge in [0.25, 0.3) is 5.91 Å². The molecule has 1 aliphatic heterocycles. The van der Waals surface area contributed by atoms with E-state index in [1.807, 2.05) is 0 Å². The summed E-state index contributed by atoms with van der Waals surface area (Å²) in [5.74, 6) is -1.33. The van der Waals surface area contributed by atoms with E-state index < -0.39 is 24.0 Å². The lowest BCUT2D eigenvalue weighted by molar-refractivity contribution is -0.161. The van der Waals surface area contributed by atoms with Crippen LogP contribution in [0.2, 0.25) is 0 Å². The van der Waals surface area contributed by atoms with Gasteiger partial charge in [0, 0.05) is 19.4 Å². The lowest BCUT2D eigenvalue weighted by Gasteiger charge is -2.20. The normalized spacial score (nSPS) is 20.0. The molecule has 1 heterocycles. The van der Waals surface area contributed by atoms with E-state index in [0.717, 1.165) is 4.90 Å². The van der Waals surface area contributed by atoms with Gasteiger partial charge in [-0.3, -0.25) is 14.4 Å². The van der Waals surface area contributed by atoms with Crippen molar-refractivity contribution in [1.29, 1.82) is 0 Å². The number of carbonyl (C=O) groups is 3. The number of amides is 2. The summed E-state index contributed by atoms with van der Waals surface area (Å²) in [4.78, 5) is 34.0. The van der Waals surface area contributed by atoms with Gasteiger partial charge in [-0.1, -0.05) is 6.92 Å². The van der Waals surface area contributed by atoms with E-state index in [1.165, 1.54) is 19.1 Å². The van der Waals surface area contributed by atoms with Crippen LogP contribution in [-0.4, -0.2) is 28.9 Å². The number of rotatable bonds is 2. The average molecular weight is 197 g/mol. The zero-order chi connectivity index (χ0) is 10.7. The van der Waals surface area contributed by atoms with Gasteiger partial charge in [0.05, 0.1) is 0 Å². The molecule has 0 radical (unpaired) electrons.